The monoisotopic (exact) mass is 370 g/mol. The molecule has 0 saturated carbocycles. The Hall–Kier alpha value is -3.42. The van der Waals surface area contributed by atoms with Crippen molar-refractivity contribution in [3.05, 3.63) is 66.0 Å². The molecule has 1 fully saturated rings. The van der Waals surface area contributed by atoms with Crippen LogP contribution in [0, 0.1) is 5.82 Å². The van der Waals surface area contributed by atoms with E-state index in [1.165, 1.54) is 36.2 Å². The van der Waals surface area contributed by atoms with Gasteiger partial charge in [-0.25, -0.2) is 9.18 Å². The lowest BCUT2D eigenvalue weighted by Crippen LogP contribution is -2.47. The lowest BCUT2D eigenvalue weighted by molar-refractivity contribution is -0.134. The van der Waals surface area contributed by atoms with Gasteiger partial charge in [0.15, 0.2) is 0 Å². The fourth-order valence-corrected chi connectivity index (χ4v) is 2.90. The molecule has 1 aliphatic rings. The van der Waals surface area contributed by atoms with Crippen LogP contribution in [0.4, 0.5) is 14.9 Å². The van der Waals surface area contributed by atoms with Gasteiger partial charge < -0.3 is 5.32 Å². The molecule has 0 radical (unpaired) electrons. The fourth-order valence-electron chi connectivity index (χ4n) is 2.90. The average molecular weight is 370 g/mol. The predicted molar refractivity (Wildman–Crippen MR) is 97.0 cm³/mol. The molecule has 1 saturated heterocycles. The molecule has 8 heteroatoms. The van der Waals surface area contributed by atoms with Crippen molar-refractivity contribution in [2.24, 2.45) is 0 Å². The molecule has 2 aromatic rings. The van der Waals surface area contributed by atoms with Gasteiger partial charge in [0.25, 0.3) is 11.8 Å². The minimum Gasteiger partial charge on any atom is -0.319 e. The van der Waals surface area contributed by atoms with Crippen molar-refractivity contribution in [2.45, 2.75) is 12.5 Å². The van der Waals surface area contributed by atoms with E-state index in [2.05, 4.69) is 10.7 Å². The Morgan fingerprint density at radius 2 is 1.78 bits per heavy atom. The second kappa shape index (κ2) is 7.06. The normalized spacial score (nSPS) is 19.0. The molecule has 1 atom stereocenters. The van der Waals surface area contributed by atoms with Gasteiger partial charge in [-0.3, -0.25) is 24.9 Å². The molecule has 0 spiro atoms. The van der Waals surface area contributed by atoms with Gasteiger partial charge >= 0.3 is 6.03 Å². The highest BCUT2D eigenvalue weighted by molar-refractivity contribution is 6.09. The SMILES string of the molecule is CN(NC(=O)CN1C(=O)NC(C)(c2ccc(F)cc2)C1=O)c1ccccc1. The molecule has 0 aliphatic carbocycles. The molecule has 140 valence electrons. The van der Waals surface area contributed by atoms with Crippen LogP contribution in [0.25, 0.3) is 0 Å². The molecular weight excluding hydrogens is 351 g/mol. The topological polar surface area (TPSA) is 81.8 Å². The Morgan fingerprint density at radius 3 is 2.41 bits per heavy atom. The van der Waals surface area contributed by atoms with Gasteiger partial charge in [0.2, 0.25) is 0 Å². The van der Waals surface area contributed by atoms with Crippen LogP contribution in [0.5, 0.6) is 0 Å². The first-order valence-electron chi connectivity index (χ1n) is 8.29. The van der Waals surface area contributed by atoms with E-state index < -0.39 is 35.7 Å². The Morgan fingerprint density at radius 1 is 1.15 bits per heavy atom. The fraction of sp³-hybridized carbons (Fsp3) is 0.211. The number of hydrogen-bond acceptors (Lipinski definition) is 4. The first-order valence-corrected chi connectivity index (χ1v) is 8.29. The van der Waals surface area contributed by atoms with Crippen LogP contribution in [0.15, 0.2) is 54.6 Å². The summed E-state index contributed by atoms with van der Waals surface area (Å²) in [5.74, 6) is -1.54. The van der Waals surface area contributed by atoms with Crippen LogP contribution in [0.1, 0.15) is 12.5 Å². The lowest BCUT2D eigenvalue weighted by atomic mass is 9.92. The largest absolute Gasteiger partial charge is 0.325 e. The maximum Gasteiger partial charge on any atom is 0.325 e. The summed E-state index contributed by atoms with van der Waals surface area (Å²) in [4.78, 5) is 38.2. The van der Waals surface area contributed by atoms with Crippen molar-refractivity contribution in [2.75, 3.05) is 18.6 Å². The number of halogens is 1. The number of benzene rings is 2. The van der Waals surface area contributed by atoms with Crippen molar-refractivity contribution < 1.29 is 18.8 Å². The zero-order chi connectivity index (χ0) is 19.6. The molecule has 7 nitrogen and oxygen atoms in total. The Balaban J connectivity index is 1.70. The summed E-state index contributed by atoms with van der Waals surface area (Å²) in [5.41, 5.74) is 2.44. The van der Waals surface area contributed by atoms with Crippen molar-refractivity contribution in [1.82, 2.24) is 15.6 Å². The highest BCUT2D eigenvalue weighted by Gasteiger charge is 2.49. The number of nitrogens with one attached hydrogen (secondary N) is 2. The summed E-state index contributed by atoms with van der Waals surface area (Å²) >= 11 is 0. The van der Waals surface area contributed by atoms with Crippen molar-refractivity contribution in [3.8, 4) is 0 Å². The van der Waals surface area contributed by atoms with Gasteiger partial charge in [0, 0.05) is 7.05 Å². The highest BCUT2D eigenvalue weighted by Crippen LogP contribution is 2.28. The third kappa shape index (κ3) is 3.59. The van der Waals surface area contributed by atoms with Crippen LogP contribution < -0.4 is 15.8 Å². The number of hydrogen-bond donors (Lipinski definition) is 2. The van der Waals surface area contributed by atoms with Gasteiger partial charge in [-0.15, -0.1) is 0 Å². The van der Waals surface area contributed by atoms with E-state index in [-0.39, 0.29) is 0 Å². The summed E-state index contributed by atoms with van der Waals surface area (Å²) < 4.78 is 13.1. The smallest absolute Gasteiger partial charge is 0.319 e. The molecule has 2 N–H and O–H groups in total. The van der Waals surface area contributed by atoms with E-state index in [0.717, 1.165) is 10.6 Å². The second-order valence-corrected chi connectivity index (χ2v) is 6.38. The van der Waals surface area contributed by atoms with Gasteiger partial charge in [-0.1, -0.05) is 30.3 Å². The van der Waals surface area contributed by atoms with E-state index in [1.807, 2.05) is 18.2 Å². The van der Waals surface area contributed by atoms with Crippen LogP contribution in [-0.2, 0) is 15.1 Å². The van der Waals surface area contributed by atoms with Crippen LogP contribution >= 0.6 is 0 Å². The van der Waals surface area contributed by atoms with E-state index >= 15 is 0 Å². The summed E-state index contributed by atoms with van der Waals surface area (Å²) in [6.45, 7) is 1.09. The standard InChI is InChI=1S/C19H19FN4O3/c1-19(13-8-10-14(20)11-9-13)17(26)24(18(27)21-19)12-16(25)22-23(2)15-6-4-3-5-7-15/h3-11H,12H2,1-2H3,(H,21,27)(H,22,25). The summed E-state index contributed by atoms with van der Waals surface area (Å²) in [7, 11) is 1.65. The van der Waals surface area contributed by atoms with E-state index in [4.69, 9.17) is 0 Å². The maximum absolute atomic E-state index is 13.1. The zero-order valence-electron chi connectivity index (χ0n) is 14.9. The third-order valence-electron chi connectivity index (χ3n) is 4.43. The number of urea groups is 1. The second-order valence-electron chi connectivity index (χ2n) is 6.38. The summed E-state index contributed by atoms with van der Waals surface area (Å²) in [6, 6.07) is 13.7. The van der Waals surface area contributed by atoms with Gasteiger partial charge in [0.05, 0.1) is 5.69 Å². The zero-order valence-corrected chi connectivity index (χ0v) is 14.9. The third-order valence-corrected chi connectivity index (χ3v) is 4.43. The van der Waals surface area contributed by atoms with E-state index in [1.54, 1.807) is 19.2 Å². The minimum absolute atomic E-state index is 0.432. The van der Waals surface area contributed by atoms with Gasteiger partial charge in [-0.2, -0.15) is 0 Å². The maximum atomic E-state index is 13.1. The number of carbonyl (C=O) groups is 3. The minimum atomic E-state index is -1.35. The number of carbonyl (C=O) groups excluding carboxylic acids is 3. The lowest BCUT2D eigenvalue weighted by Gasteiger charge is -2.23. The number of hydrazine groups is 1. The van der Waals surface area contributed by atoms with Gasteiger partial charge in [0.1, 0.15) is 17.9 Å². The molecule has 0 aromatic heterocycles. The number of para-hydroxylation sites is 1. The first kappa shape index (κ1) is 18.4. The molecule has 0 bridgehead atoms. The molecule has 1 aliphatic heterocycles. The van der Waals surface area contributed by atoms with Gasteiger partial charge in [-0.05, 0) is 36.8 Å². The number of anilines is 1. The van der Waals surface area contributed by atoms with Crippen LogP contribution in [0.3, 0.4) is 0 Å². The molecule has 27 heavy (non-hydrogen) atoms. The Kier molecular flexibility index (Phi) is 4.81. The van der Waals surface area contributed by atoms with E-state index in [0.29, 0.717) is 5.56 Å². The highest BCUT2D eigenvalue weighted by atomic mass is 19.1. The molecule has 1 unspecified atom stereocenters. The quantitative estimate of drug-likeness (QED) is 0.621. The first-order chi connectivity index (χ1) is 12.8. The van der Waals surface area contributed by atoms with Crippen molar-refractivity contribution >= 4 is 23.5 Å². The molecular formula is C19H19FN4O3. The molecule has 1 heterocycles. The average Bonchev–Trinajstić information content (AvgIpc) is 2.87. The van der Waals surface area contributed by atoms with E-state index in [9.17, 15) is 18.8 Å². The Bertz CT molecular complexity index is 872. The van der Waals surface area contributed by atoms with Crippen LogP contribution in [0.2, 0.25) is 0 Å². The number of amides is 4. The molecule has 4 amide bonds. The van der Waals surface area contributed by atoms with Crippen molar-refractivity contribution in [3.63, 3.8) is 0 Å². The van der Waals surface area contributed by atoms with Crippen LogP contribution in [-0.4, -0.2) is 36.3 Å². The molecule has 3 rings (SSSR count). The summed E-state index contributed by atoms with van der Waals surface area (Å²) in [6.07, 6.45) is 0. The predicted octanol–water partition coefficient (Wildman–Crippen LogP) is 1.76. The summed E-state index contributed by atoms with van der Waals surface area (Å²) in [5, 5.41) is 4.08. The van der Waals surface area contributed by atoms with Crippen molar-refractivity contribution in [1.29, 1.82) is 0 Å². The number of rotatable bonds is 5. The number of nitrogens with zero attached hydrogens (tertiary/aromatic N) is 2. The number of imide groups is 1. The Labute approximate surface area is 155 Å². The molecule has 2 aromatic carbocycles.